The predicted octanol–water partition coefficient (Wildman–Crippen LogP) is 1.35. The number of benzene rings is 1. The standard InChI is InChI=1S/C13H18N4/c1-9(2)10-5-3-4-6-11(10)13(15)7-8-16-12(14)17-13/h3-9H,15H2,1-2H3,(H3,14,16,17). The fourth-order valence-corrected chi connectivity index (χ4v) is 2.04. The van der Waals surface area contributed by atoms with Crippen LogP contribution in [0, 0.1) is 0 Å². The summed E-state index contributed by atoms with van der Waals surface area (Å²) in [5, 5.41) is 2.82. The van der Waals surface area contributed by atoms with Crippen LogP contribution in [0.4, 0.5) is 0 Å². The van der Waals surface area contributed by atoms with Crippen LogP contribution in [0.1, 0.15) is 30.9 Å². The Morgan fingerprint density at radius 1 is 1.29 bits per heavy atom. The number of nitrogens with zero attached hydrogens (tertiary/aromatic N) is 1. The molecule has 0 saturated heterocycles. The average molecular weight is 230 g/mol. The Balaban J connectivity index is 2.53. The van der Waals surface area contributed by atoms with Crippen molar-refractivity contribution < 1.29 is 0 Å². The largest absolute Gasteiger partial charge is 0.370 e. The first kappa shape index (κ1) is 11.7. The number of nitrogens with one attached hydrogen (secondary N) is 1. The molecule has 1 aliphatic rings. The van der Waals surface area contributed by atoms with Crippen molar-refractivity contribution in [2.75, 3.05) is 0 Å². The first-order valence-electron chi connectivity index (χ1n) is 5.71. The van der Waals surface area contributed by atoms with Crippen molar-refractivity contribution in [3.63, 3.8) is 0 Å². The summed E-state index contributed by atoms with van der Waals surface area (Å²) in [6.07, 6.45) is 3.56. The average Bonchev–Trinajstić information content (AvgIpc) is 2.28. The van der Waals surface area contributed by atoms with E-state index in [1.54, 1.807) is 6.20 Å². The first-order valence-corrected chi connectivity index (χ1v) is 5.71. The van der Waals surface area contributed by atoms with Gasteiger partial charge in [0, 0.05) is 11.8 Å². The molecule has 17 heavy (non-hydrogen) atoms. The van der Waals surface area contributed by atoms with Gasteiger partial charge in [-0.05, 0) is 17.6 Å². The van der Waals surface area contributed by atoms with E-state index in [2.05, 4.69) is 30.2 Å². The van der Waals surface area contributed by atoms with Gasteiger partial charge >= 0.3 is 0 Å². The second-order valence-electron chi connectivity index (χ2n) is 4.54. The molecule has 90 valence electrons. The fourth-order valence-electron chi connectivity index (χ4n) is 2.04. The molecule has 0 aromatic heterocycles. The Morgan fingerprint density at radius 2 is 2.00 bits per heavy atom. The number of guanidine groups is 1. The van der Waals surface area contributed by atoms with E-state index in [-0.39, 0.29) is 0 Å². The molecule has 0 aliphatic carbocycles. The molecule has 0 fully saturated rings. The number of hydrogen-bond acceptors (Lipinski definition) is 4. The summed E-state index contributed by atoms with van der Waals surface area (Å²) in [4.78, 5) is 4.30. The summed E-state index contributed by atoms with van der Waals surface area (Å²) in [6, 6.07) is 8.06. The van der Waals surface area contributed by atoms with E-state index in [0.29, 0.717) is 11.9 Å². The monoisotopic (exact) mass is 230 g/mol. The van der Waals surface area contributed by atoms with Gasteiger partial charge in [0.2, 0.25) is 0 Å². The second-order valence-corrected chi connectivity index (χ2v) is 4.54. The lowest BCUT2D eigenvalue weighted by molar-refractivity contribution is 0.569. The van der Waals surface area contributed by atoms with Crippen molar-refractivity contribution in [3.05, 3.63) is 47.7 Å². The third-order valence-electron chi connectivity index (χ3n) is 2.89. The smallest absolute Gasteiger partial charge is 0.195 e. The van der Waals surface area contributed by atoms with Gasteiger partial charge in [-0.1, -0.05) is 38.1 Å². The molecule has 2 rings (SSSR count). The Morgan fingerprint density at radius 3 is 2.65 bits per heavy atom. The van der Waals surface area contributed by atoms with E-state index >= 15 is 0 Å². The van der Waals surface area contributed by atoms with Crippen molar-refractivity contribution >= 4 is 5.96 Å². The fraction of sp³-hybridized carbons (Fsp3) is 0.308. The molecule has 0 bridgehead atoms. The number of aliphatic imine (C=N–C) groups is 1. The van der Waals surface area contributed by atoms with Crippen LogP contribution in [-0.2, 0) is 5.66 Å². The van der Waals surface area contributed by atoms with Crippen LogP contribution in [0.15, 0.2) is 41.5 Å². The normalized spacial score (nSPS) is 23.4. The lowest BCUT2D eigenvalue weighted by Gasteiger charge is -2.28. The molecule has 1 heterocycles. The molecule has 1 atom stereocenters. The minimum Gasteiger partial charge on any atom is -0.370 e. The van der Waals surface area contributed by atoms with E-state index in [1.807, 2.05) is 24.3 Å². The van der Waals surface area contributed by atoms with Gasteiger partial charge in [0.15, 0.2) is 11.6 Å². The summed E-state index contributed by atoms with van der Waals surface area (Å²) in [5.41, 5.74) is 13.3. The van der Waals surface area contributed by atoms with Crippen molar-refractivity contribution in [2.45, 2.75) is 25.4 Å². The number of nitrogens with two attached hydrogens (primary N) is 2. The second kappa shape index (κ2) is 4.22. The Kier molecular flexibility index (Phi) is 2.90. The van der Waals surface area contributed by atoms with E-state index in [1.165, 1.54) is 5.56 Å². The van der Waals surface area contributed by atoms with Crippen molar-refractivity contribution in [3.8, 4) is 0 Å². The minimum absolute atomic E-state index is 0.341. The Hall–Kier alpha value is -1.81. The molecule has 1 aromatic carbocycles. The van der Waals surface area contributed by atoms with Crippen LogP contribution in [0.3, 0.4) is 0 Å². The zero-order valence-electron chi connectivity index (χ0n) is 10.1. The highest BCUT2D eigenvalue weighted by atomic mass is 15.2. The molecule has 1 aliphatic heterocycles. The highest BCUT2D eigenvalue weighted by Crippen LogP contribution is 2.30. The molecule has 4 heteroatoms. The highest BCUT2D eigenvalue weighted by Gasteiger charge is 2.28. The Labute approximate surface area is 101 Å². The SMILES string of the molecule is CC(C)c1ccccc1C1(N)C=CNC(N)=N1. The van der Waals surface area contributed by atoms with Gasteiger partial charge in [0.25, 0.3) is 0 Å². The van der Waals surface area contributed by atoms with Crippen LogP contribution < -0.4 is 16.8 Å². The molecule has 5 N–H and O–H groups in total. The zero-order chi connectivity index (χ0) is 12.5. The quantitative estimate of drug-likeness (QED) is 0.718. The Bertz CT molecular complexity index is 476. The molecule has 1 unspecified atom stereocenters. The zero-order valence-corrected chi connectivity index (χ0v) is 10.1. The maximum atomic E-state index is 6.32. The van der Waals surface area contributed by atoms with Crippen LogP contribution in [0.5, 0.6) is 0 Å². The van der Waals surface area contributed by atoms with E-state index in [0.717, 1.165) is 5.56 Å². The van der Waals surface area contributed by atoms with Gasteiger partial charge in [0.1, 0.15) is 0 Å². The third kappa shape index (κ3) is 2.17. The van der Waals surface area contributed by atoms with Crippen LogP contribution in [0.25, 0.3) is 0 Å². The van der Waals surface area contributed by atoms with E-state index in [4.69, 9.17) is 11.5 Å². The maximum Gasteiger partial charge on any atom is 0.195 e. The van der Waals surface area contributed by atoms with Crippen molar-refractivity contribution in [1.82, 2.24) is 5.32 Å². The van der Waals surface area contributed by atoms with Crippen LogP contribution in [-0.4, -0.2) is 5.96 Å². The van der Waals surface area contributed by atoms with Crippen molar-refractivity contribution in [1.29, 1.82) is 0 Å². The molecular weight excluding hydrogens is 212 g/mol. The molecule has 4 nitrogen and oxygen atoms in total. The molecule has 0 saturated carbocycles. The van der Waals surface area contributed by atoms with Gasteiger partial charge in [-0.2, -0.15) is 0 Å². The summed E-state index contributed by atoms with van der Waals surface area (Å²) in [7, 11) is 0. The van der Waals surface area contributed by atoms with Crippen molar-refractivity contribution in [2.24, 2.45) is 16.5 Å². The highest BCUT2D eigenvalue weighted by molar-refractivity contribution is 5.80. The molecule has 0 radical (unpaired) electrons. The first-order chi connectivity index (χ1) is 8.03. The van der Waals surface area contributed by atoms with Crippen LogP contribution >= 0.6 is 0 Å². The number of hydrogen-bond donors (Lipinski definition) is 3. The summed E-state index contributed by atoms with van der Waals surface area (Å²) < 4.78 is 0. The topological polar surface area (TPSA) is 76.4 Å². The van der Waals surface area contributed by atoms with Crippen LogP contribution in [0.2, 0.25) is 0 Å². The minimum atomic E-state index is -0.865. The van der Waals surface area contributed by atoms with Gasteiger partial charge < -0.3 is 11.1 Å². The summed E-state index contributed by atoms with van der Waals surface area (Å²) in [6.45, 7) is 4.28. The summed E-state index contributed by atoms with van der Waals surface area (Å²) in [5.74, 6) is 0.736. The third-order valence-corrected chi connectivity index (χ3v) is 2.89. The predicted molar refractivity (Wildman–Crippen MR) is 70.3 cm³/mol. The lowest BCUT2D eigenvalue weighted by Crippen LogP contribution is -2.42. The molecular formula is C13H18N4. The molecule has 0 spiro atoms. The van der Waals surface area contributed by atoms with E-state index < -0.39 is 5.66 Å². The summed E-state index contributed by atoms with van der Waals surface area (Å²) >= 11 is 0. The van der Waals surface area contributed by atoms with Gasteiger partial charge in [0.05, 0.1) is 0 Å². The maximum absolute atomic E-state index is 6.32. The molecule has 0 amide bonds. The van der Waals surface area contributed by atoms with Gasteiger partial charge in [-0.15, -0.1) is 0 Å². The number of rotatable bonds is 2. The molecule has 1 aromatic rings. The van der Waals surface area contributed by atoms with E-state index in [9.17, 15) is 0 Å². The van der Waals surface area contributed by atoms with Gasteiger partial charge in [-0.3, -0.25) is 5.73 Å². The van der Waals surface area contributed by atoms with Gasteiger partial charge in [-0.25, -0.2) is 4.99 Å². The lowest BCUT2D eigenvalue weighted by atomic mass is 9.89.